The second-order valence-corrected chi connectivity index (χ2v) is 4.09. The van der Waals surface area contributed by atoms with E-state index in [0.717, 1.165) is 0 Å². The number of hydrogen-bond acceptors (Lipinski definition) is 3. The van der Waals surface area contributed by atoms with Crippen LogP contribution in [-0.4, -0.2) is 24.8 Å². The minimum Gasteiger partial charge on any atom is -0.440 e. The number of hydrogen-bond donors (Lipinski definition) is 1. The summed E-state index contributed by atoms with van der Waals surface area (Å²) in [7, 11) is 0. The van der Waals surface area contributed by atoms with E-state index < -0.39 is 11.7 Å². The number of nitrogens with zero attached hydrogens (tertiary/aromatic N) is 1. The van der Waals surface area contributed by atoms with E-state index in [9.17, 15) is 9.18 Å². The fraction of sp³-hybridized carbons (Fsp3) is 0.364. The number of cyclic esters (lactones) is 1. The third kappa shape index (κ3) is 1.86. The number of anilines is 1. The Balaban J connectivity index is 2.27. The SMILES string of the molecule is CC1(CN)CN(c2cccc(F)c2)C(=O)O1. The summed E-state index contributed by atoms with van der Waals surface area (Å²) in [5.41, 5.74) is 5.32. The molecule has 1 saturated heterocycles. The lowest BCUT2D eigenvalue weighted by atomic mass is 10.1. The molecule has 0 bridgehead atoms. The topological polar surface area (TPSA) is 55.6 Å². The zero-order chi connectivity index (χ0) is 11.8. The molecule has 0 saturated carbocycles. The number of nitrogens with two attached hydrogens (primary N) is 1. The highest BCUT2D eigenvalue weighted by atomic mass is 19.1. The lowest BCUT2D eigenvalue weighted by Crippen LogP contribution is -2.38. The van der Waals surface area contributed by atoms with E-state index in [0.29, 0.717) is 12.2 Å². The molecule has 4 nitrogen and oxygen atoms in total. The molecular weight excluding hydrogens is 211 g/mol. The summed E-state index contributed by atoms with van der Waals surface area (Å²) >= 11 is 0. The zero-order valence-corrected chi connectivity index (χ0v) is 8.94. The molecule has 1 heterocycles. The molecule has 0 spiro atoms. The minimum atomic E-state index is -0.691. The van der Waals surface area contributed by atoms with Crippen molar-refractivity contribution in [3.63, 3.8) is 0 Å². The predicted molar refractivity (Wildman–Crippen MR) is 57.7 cm³/mol. The number of rotatable bonds is 2. The molecule has 2 N–H and O–H groups in total. The molecule has 0 radical (unpaired) electrons. The van der Waals surface area contributed by atoms with Crippen molar-refractivity contribution < 1.29 is 13.9 Å². The third-order valence-corrected chi connectivity index (χ3v) is 2.60. The van der Waals surface area contributed by atoms with Crippen LogP contribution in [0.4, 0.5) is 14.9 Å². The summed E-state index contributed by atoms with van der Waals surface area (Å²) in [6.45, 7) is 2.33. The van der Waals surface area contributed by atoms with Gasteiger partial charge in [0.05, 0.1) is 12.2 Å². The van der Waals surface area contributed by atoms with Crippen LogP contribution in [0.25, 0.3) is 0 Å². The van der Waals surface area contributed by atoms with Crippen molar-refractivity contribution in [3.8, 4) is 0 Å². The van der Waals surface area contributed by atoms with Crippen LogP contribution in [0.15, 0.2) is 24.3 Å². The lowest BCUT2D eigenvalue weighted by Gasteiger charge is -2.18. The molecule has 1 aliphatic rings. The molecule has 0 aromatic heterocycles. The molecule has 16 heavy (non-hydrogen) atoms. The van der Waals surface area contributed by atoms with Crippen LogP contribution in [0.1, 0.15) is 6.92 Å². The first-order valence-corrected chi connectivity index (χ1v) is 5.00. The van der Waals surface area contributed by atoms with E-state index in [1.165, 1.54) is 17.0 Å². The van der Waals surface area contributed by atoms with E-state index in [4.69, 9.17) is 10.5 Å². The summed E-state index contributed by atoms with van der Waals surface area (Å²) in [6.07, 6.45) is -0.487. The number of benzene rings is 1. The number of carbonyl (C=O) groups excluding carboxylic acids is 1. The second-order valence-electron chi connectivity index (χ2n) is 4.09. The van der Waals surface area contributed by atoms with Crippen molar-refractivity contribution in [2.45, 2.75) is 12.5 Å². The van der Waals surface area contributed by atoms with E-state index in [-0.39, 0.29) is 12.4 Å². The lowest BCUT2D eigenvalue weighted by molar-refractivity contribution is 0.0789. The first kappa shape index (κ1) is 10.9. The Hall–Kier alpha value is -1.62. The average Bonchev–Trinajstić information content (AvgIpc) is 2.55. The van der Waals surface area contributed by atoms with Crippen molar-refractivity contribution in [3.05, 3.63) is 30.1 Å². The van der Waals surface area contributed by atoms with Crippen molar-refractivity contribution in [2.75, 3.05) is 18.0 Å². The highest BCUT2D eigenvalue weighted by Gasteiger charge is 2.41. The van der Waals surface area contributed by atoms with Crippen LogP contribution in [0, 0.1) is 5.82 Å². The Morgan fingerprint density at radius 3 is 2.94 bits per heavy atom. The van der Waals surface area contributed by atoms with Gasteiger partial charge in [-0.3, -0.25) is 4.90 Å². The fourth-order valence-electron chi connectivity index (χ4n) is 1.64. The van der Waals surface area contributed by atoms with Gasteiger partial charge < -0.3 is 10.5 Å². The Bertz CT molecular complexity index is 424. The van der Waals surface area contributed by atoms with Crippen LogP contribution in [-0.2, 0) is 4.74 Å². The van der Waals surface area contributed by atoms with Crippen LogP contribution >= 0.6 is 0 Å². The van der Waals surface area contributed by atoms with E-state index in [1.54, 1.807) is 19.1 Å². The normalized spacial score (nSPS) is 24.7. The van der Waals surface area contributed by atoms with E-state index in [2.05, 4.69) is 0 Å². The Labute approximate surface area is 92.8 Å². The van der Waals surface area contributed by atoms with Gasteiger partial charge in [-0.15, -0.1) is 0 Å². The van der Waals surface area contributed by atoms with E-state index in [1.807, 2.05) is 0 Å². The maximum atomic E-state index is 13.0. The Kier molecular flexibility index (Phi) is 2.55. The summed E-state index contributed by atoms with van der Waals surface area (Å²) in [5, 5.41) is 0. The molecule has 0 aliphatic carbocycles. The zero-order valence-electron chi connectivity index (χ0n) is 8.94. The first-order valence-electron chi connectivity index (χ1n) is 5.00. The third-order valence-electron chi connectivity index (χ3n) is 2.60. The van der Waals surface area contributed by atoms with Gasteiger partial charge in [0.25, 0.3) is 0 Å². The first-order chi connectivity index (χ1) is 7.54. The standard InChI is InChI=1S/C11H13FN2O2/c1-11(6-13)7-14(10(15)16-11)9-4-2-3-8(12)5-9/h2-5H,6-7,13H2,1H3. The highest BCUT2D eigenvalue weighted by Crippen LogP contribution is 2.27. The maximum Gasteiger partial charge on any atom is 0.415 e. The minimum absolute atomic E-state index is 0.241. The van der Waals surface area contributed by atoms with Crippen LogP contribution in [0.5, 0.6) is 0 Å². The smallest absolute Gasteiger partial charge is 0.415 e. The molecule has 1 fully saturated rings. The molecule has 1 aromatic carbocycles. The van der Waals surface area contributed by atoms with Gasteiger partial charge in [0.15, 0.2) is 0 Å². The van der Waals surface area contributed by atoms with Crippen LogP contribution < -0.4 is 10.6 Å². The Morgan fingerprint density at radius 1 is 1.62 bits per heavy atom. The number of carbonyl (C=O) groups is 1. The number of amides is 1. The quantitative estimate of drug-likeness (QED) is 0.828. The van der Waals surface area contributed by atoms with Gasteiger partial charge in [-0.2, -0.15) is 0 Å². The summed E-state index contributed by atoms with van der Waals surface area (Å²) in [6, 6.07) is 5.83. The summed E-state index contributed by atoms with van der Waals surface area (Å²) in [4.78, 5) is 13.0. The molecule has 1 aromatic rings. The molecule has 1 unspecified atom stereocenters. The van der Waals surface area contributed by atoms with Crippen molar-refractivity contribution in [1.82, 2.24) is 0 Å². The van der Waals surface area contributed by atoms with Gasteiger partial charge in [-0.05, 0) is 25.1 Å². The van der Waals surface area contributed by atoms with Crippen molar-refractivity contribution >= 4 is 11.8 Å². The maximum absolute atomic E-state index is 13.0. The molecule has 1 amide bonds. The highest BCUT2D eigenvalue weighted by molar-refractivity contribution is 5.90. The molecule has 1 aliphatic heterocycles. The molecular formula is C11H13FN2O2. The molecule has 2 rings (SSSR count). The van der Waals surface area contributed by atoms with Gasteiger partial charge >= 0.3 is 6.09 Å². The summed E-state index contributed by atoms with van der Waals surface area (Å²) < 4.78 is 18.2. The average molecular weight is 224 g/mol. The predicted octanol–water partition coefficient (Wildman–Crippen LogP) is 1.50. The van der Waals surface area contributed by atoms with Gasteiger partial charge in [-0.1, -0.05) is 6.07 Å². The molecule has 86 valence electrons. The van der Waals surface area contributed by atoms with Gasteiger partial charge in [0.1, 0.15) is 11.4 Å². The van der Waals surface area contributed by atoms with Gasteiger partial charge in [0.2, 0.25) is 0 Å². The Morgan fingerprint density at radius 2 is 2.38 bits per heavy atom. The van der Waals surface area contributed by atoms with E-state index >= 15 is 0 Å². The summed E-state index contributed by atoms with van der Waals surface area (Å²) in [5.74, 6) is -0.383. The van der Waals surface area contributed by atoms with Crippen LogP contribution in [0.3, 0.4) is 0 Å². The molecule has 1 atom stereocenters. The van der Waals surface area contributed by atoms with Gasteiger partial charge in [0, 0.05) is 6.54 Å². The fourth-order valence-corrected chi connectivity index (χ4v) is 1.64. The van der Waals surface area contributed by atoms with Crippen molar-refractivity contribution in [1.29, 1.82) is 0 Å². The number of ether oxygens (including phenoxy) is 1. The largest absolute Gasteiger partial charge is 0.440 e. The van der Waals surface area contributed by atoms with Crippen LogP contribution in [0.2, 0.25) is 0 Å². The van der Waals surface area contributed by atoms with Crippen molar-refractivity contribution in [2.24, 2.45) is 5.73 Å². The number of halogens is 1. The second kappa shape index (κ2) is 3.75. The van der Waals surface area contributed by atoms with Gasteiger partial charge in [-0.25, -0.2) is 9.18 Å². The monoisotopic (exact) mass is 224 g/mol. The molecule has 5 heteroatoms.